The van der Waals surface area contributed by atoms with E-state index in [-0.39, 0.29) is 17.7 Å². The lowest BCUT2D eigenvalue weighted by atomic mass is 10.1. The summed E-state index contributed by atoms with van der Waals surface area (Å²) in [6.45, 7) is 5.65. The second-order valence-corrected chi connectivity index (χ2v) is 5.14. The van der Waals surface area contributed by atoms with Gasteiger partial charge in [0.1, 0.15) is 5.75 Å². The quantitative estimate of drug-likeness (QED) is 0.888. The standard InChI is InChI=1S/C15H20N2O3/c1-4-5-9(2)14(18)16-11-6-7-13-12(8-11)17-15(19)10(3)20-13/h6-10H,4-5H2,1-3H3,(H,16,18)(H,17,19). The first-order chi connectivity index (χ1) is 9.51. The van der Waals surface area contributed by atoms with Crippen molar-refractivity contribution >= 4 is 23.2 Å². The zero-order valence-electron chi connectivity index (χ0n) is 12.0. The van der Waals surface area contributed by atoms with Gasteiger partial charge in [0.05, 0.1) is 5.69 Å². The second-order valence-electron chi connectivity index (χ2n) is 5.14. The van der Waals surface area contributed by atoms with Gasteiger partial charge in [0.25, 0.3) is 5.91 Å². The van der Waals surface area contributed by atoms with Crippen molar-refractivity contribution in [2.24, 2.45) is 5.92 Å². The molecule has 0 radical (unpaired) electrons. The van der Waals surface area contributed by atoms with Crippen molar-refractivity contribution in [1.82, 2.24) is 0 Å². The highest BCUT2D eigenvalue weighted by molar-refractivity contribution is 5.99. The number of amides is 2. The highest BCUT2D eigenvalue weighted by Crippen LogP contribution is 2.32. The SMILES string of the molecule is CCCC(C)C(=O)Nc1ccc2c(c1)NC(=O)C(C)O2. The van der Waals surface area contributed by atoms with E-state index >= 15 is 0 Å². The van der Waals surface area contributed by atoms with Crippen LogP contribution in [0, 0.1) is 5.92 Å². The zero-order valence-corrected chi connectivity index (χ0v) is 12.0. The Kier molecular flexibility index (Phi) is 4.27. The molecule has 20 heavy (non-hydrogen) atoms. The minimum Gasteiger partial charge on any atom is -0.479 e. The number of nitrogens with one attached hydrogen (secondary N) is 2. The maximum absolute atomic E-state index is 12.0. The third kappa shape index (κ3) is 3.10. The van der Waals surface area contributed by atoms with Crippen molar-refractivity contribution in [3.8, 4) is 5.75 Å². The summed E-state index contributed by atoms with van der Waals surface area (Å²) >= 11 is 0. The van der Waals surface area contributed by atoms with Crippen LogP contribution >= 0.6 is 0 Å². The van der Waals surface area contributed by atoms with Gasteiger partial charge in [-0.1, -0.05) is 20.3 Å². The van der Waals surface area contributed by atoms with Gasteiger partial charge >= 0.3 is 0 Å². The highest BCUT2D eigenvalue weighted by atomic mass is 16.5. The first-order valence-corrected chi connectivity index (χ1v) is 6.93. The molecule has 2 atom stereocenters. The summed E-state index contributed by atoms with van der Waals surface area (Å²) in [5, 5.41) is 5.62. The van der Waals surface area contributed by atoms with Gasteiger partial charge in [0.15, 0.2) is 6.10 Å². The molecular formula is C15H20N2O3. The van der Waals surface area contributed by atoms with Crippen molar-refractivity contribution in [3.63, 3.8) is 0 Å². The lowest BCUT2D eigenvalue weighted by Crippen LogP contribution is -2.34. The third-order valence-electron chi connectivity index (χ3n) is 3.35. The van der Waals surface area contributed by atoms with Gasteiger partial charge in [-0.3, -0.25) is 9.59 Å². The van der Waals surface area contributed by atoms with Crippen LogP contribution in [0.5, 0.6) is 5.75 Å². The molecule has 108 valence electrons. The zero-order chi connectivity index (χ0) is 14.7. The monoisotopic (exact) mass is 276 g/mol. The summed E-state index contributed by atoms with van der Waals surface area (Å²) in [5.74, 6) is 0.405. The lowest BCUT2D eigenvalue weighted by molar-refractivity contribution is -0.122. The molecule has 5 heteroatoms. The van der Waals surface area contributed by atoms with Crippen LogP contribution in [0.1, 0.15) is 33.6 Å². The van der Waals surface area contributed by atoms with E-state index in [1.807, 2.05) is 6.92 Å². The van der Waals surface area contributed by atoms with Gasteiger partial charge in [0.2, 0.25) is 5.91 Å². The van der Waals surface area contributed by atoms with Crippen molar-refractivity contribution in [2.75, 3.05) is 10.6 Å². The minimum atomic E-state index is -0.493. The molecule has 0 saturated heterocycles. The van der Waals surface area contributed by atoms with E-state index in [9.17, 15) is 9.59 Å². The van der Waals surface area contributed by atoms with Gasteiger partial charge in [-0.25, -0.2) is 0 Å². The molecule has 2 amide bonds. The number of carbonyl (C=O) groups is 2. The summed E-state index contributed by atoms with van der Waals surface area (Å²) in [6.07, 6.45) is 1.34. The van der Waals surface area contributed by atoms with Crippen LogP contribution in [-0.4, -0.2) is 17.9 Å². The van der Waals surface area contributed by atoms with Gasteiger partial charge in [0, 0.05) is 11.6 Å². The Morgan fingerprint density at radius 2 is 2.25 bits per heavy atom. The predicted octanol–water partition coefficient (Wildman–Crippen LogP) is 2.78. The van der Waals surface area contributed by atoms with Crippen LogP contribution in [0.4, 0.5) is 11.4 Å². The molecule has 1 aromatic rings. The summed E-state index contributed by atoms with van der Waals surface area (Å²) in [7, 11) is 0. The first-order valence-electron chi connectivity index (χ1n) is 6.93. The van der Waals surface area contributed by atoms with Crippen LogP contribution in [0.3, 0.4) is 0 Å². The smallest absolute Gasteiger partial charge is 0.265 e. The molecule has 1 aliphatic heterocycles. The average Bonchev–Trinajstić information content (AvgIpc) is 2.40. The molecule has 1 aliphatic rings. The molecular weight excluding hydrogens is 256 g/mol. The number of fused-ring (bicyclic) bond motifs is 1. The second kappa shape index (κ2) is 5.94. The Labute approximate surface area is 118 Å². The number of hydrogen-bond donors (Lipinski definition) is 2. The molecule has 0 fully saturated rings. The van der Waals surface area contributed by atoms with E-state index < -0.39 is 6.10 Å². The van der Waals surface area contributed by atoms with Gasteiger partial charge in [-0.2, -0.15) is 0 Å². The van der Waals surface area contributed by atoms with Crippen LogP contribution in [0.2, 0.25) is 0 Å². The first kappa shape index (κ1) is 14.4. The topological polar surface area (TPSA) is 67.4 Å². The van der Waals surface area contributed by atoms with Crippen molar-refractivity contribution in [2.45, 2.75) is 39.7 Å². The lowest BCUT2D eigenvalue weighted by Gasteiger charge is -2.23. The van der Waals surface area contributed by atoms with Crippen molar-refractivity contribution < 1.29 is 14.3 Å². The number of hydrogen-bond acceptors (Lipinski definition) is 3. The number of benzene rings is 1. The molecule has 1 heterocycles. The fraction of sp³-hybridized carbons (Fsp3) is 0.467. The molecule has 0 spiro atoms. The highest BCUT2D eigenvalue weighted by Gasteiger charge is 2.23. The Hall–Kier alpha value is -2.04. The fourth-order valence-corrected chi connectivity index (χ4v) is 2.12. The minimum absolute atomic E-state index is 0.0109. The largest absolute Gasteiger partial charge is 0.479 e. The number of carbonyl (C=O) groups excluding carboxylic acids is 2. The summed E-state index contributed by atoms with van der Waals surface area (Å²) in [6, 6.07) is 5.25. The molecule has 0 aromatic heterocycles. The van der Waals surface area contributed by atoms with Crippen LogP contribution < -0.4 is 15.4 Å². The molecule has 2 N–H and O–H groups in total. The van der Waals surface area contributed by atoms with Gasteiger partial charge < -0.3 is 15.4 Å². The Bertz CT molecular complexity index is 528. The molecule has 1 aromatic carbocycles. The van der Waals surface area contributed by atoms with Crippen molar-refractivity contribution in [1.29, 1.82) is 0 Å². The molecule has 2 unspecified atom stereocenters. The maximum Gasteiger partial charge on any atom is 0.265 e. The number of ether oxygens (including phenoxy) is 1. The Balaban J connectivity index is 2.10. The predicted molar refractivity (Wildman–Crippen MR) is 77.9 cm³/mol. The summed E-state index contributed by atoms with van der Waals surface area (Å²) in [5.41, 5.74) is 1.25. The van der Waals surface area contributed by atoms with Crippen LogP contribution in [0.25, 0.3) is 0 Å². The summed E-state index contributed by atoms with van der Waals surface area (Å²) < 4.78 is 5.47. The van der Waals surface area contributed by atoms with Crippen LogP contribution in [0.15, 0.2) is 18.2 Å². The maximum atomic E-state index is 12.0. The van der Waals surface area contributed by atoms with E-state index in [0.717, 1.165) is 12.8 Å². The van der Waals surface area contributed by atoms with E-state index in [1.165, 1.54) is 0 Å². The van der Waals surface area contributed by atoms with Gasteiger partial charge in [-0.15, -0.1) is 0 Å². The average molecular weight is 276 g/mol. The number of anilines is 2. The molecule has 2 rings (SSSR count). The molecule has 0 aliphatic carbocycles. The molecule has 0 bridgehead atoms. The molecule has 0 saturated carbocycles. The van der Waals surface area contributed by atoms with E-state index in [4.69, 9.17) is 4.74 Å². The van der Waals surface area contributed by atoms with E-state index in [2.05, 4.69) is 17.6 Å². The van der Waals surface area contributed by atoms with Gasteiger partial charge in [-0.05, 0) is 31.5 Å². The Morgan fingerprint density at radius 1 is 1.50 bits per heavy atom. The van der Waals surface area contributed by atoms with E-state index in [0.29, 0.717) is 17.1 Å². The molecule has 5 nitrogen and oxygen atoms in total. The third-order valence-corrected chi connectivity index (χ3v) is 3.35. The normalized spacial score (nSPS) is 18.6. The van der Waals surface area contributed by atoms with Crippen molar-refractivity contribution in [3.05, 3.63) is 18.2 Å². The number of rotatable bonds is 4. The summed E-state index contributed by atoms with van der Waals surface area (Å²) in [4.78, 5) is 23.5. The van der Waals surface area contributed by atoms with Crippen LogP contribution in [-0.2, 0) is 9.59 Å². The fourth-order valence-electron chi connectivity index (χ4n) is 2.12. The van der Waals surface area contributed by atoms with E-state index in [1.54, 1.807) is 25.1 Å². The Morgan fingerprint density at radius 3 is 2.95 bits per heavy atom.